The number of benzene rings is 2. The van der Waals surface area contributed by atoms with Gasteiger partial charge in [-0.1, -0.05) is 43.6 Å². The summed E-state index contributed by atoms with van der Waals surface area (Å²) in [6, 6.07) is 13.3. The van der Waals surface area contributed by atoms with Gasteiger partial charge in [0.1, 0.15) is 0 Å². The summed E-state index contributed by atoms with van der Waals surface area (Å²) in [5, 5.41) is 7.62. The molecule has 0 aliphatic heterocycles. The molecule has 29 heavy (non-hydrogen) atoms. The Labute approximate surface area is 180 Å². The van der Waals surface area contributed by atoms with Gasteiger partial charge in [-0.15, -0.1) is 11.3 Å². The molecule has 5 nitrogen and oxygen atoms in total. The number of halogens is 1. The number of nitrogens with one attached hydrogen (secondary N) is 2. The van der Waals surface area contributed by atoms with E-state index in [9.17, 15) is 4.79 Å². The van der Waals surface area contributed by atoms with Gasteiger partial charge in [0.15, 0.2) is 5.13 Å². The van der Waals surface area contributed by atoms with E-state index < -0.39 is 6.09 Å². The molecule has 0 unspecified atom stereocenters. The van der Waals surface area contributed by atoms with Crippen LogP contribution in [-0.2, 0) is 4.74 Å². The van der Waals surface area contributed by atoms with Gasteiger partial charge in [0, 0.05) is 26.8 Å². The molecule has 1 heterocycles. The smallest absolute Gasteiger partial charge is 0.411 e. The summed E-state index contributed by atoms with van der Waals surface area (Å²) >= 11 is 7.57. The van der Waals surface area contributed by atoms with Gasteiger partial charge in [-0.3, -0.25) is 5.32 Å². The molecule has 2 N–H and O–H groups in total. The lowest BCUT2D eigenvalue weighted by Crippen LogP contribution is -2.16. The number of aryl methyl sites for hydroxylation is 2. The number of thiazole rings is 1. The number of ether oxygens (including phenoxy) is 1. The summed E-state index contributed by atoms with van der Waals surface area (Å²) in [5.74, 6) is 0.291. The lowest BCUT2D eigenvalue weighted by atomic mass is 10.1. The van der Waals surface area contributed by atoms with Crippen molar-refractivity contribution in [2.75, 3.05) is 17.2 Å². The predicted octanol–water partition coefficient (Wildman–Crippen LogP) is 7.03. The van der Waals surface area contributed by atoms with E-state index in [1.807, 2.05) is 70.2 Å². The first-order valence-corrected chi connectivity index (χ1v) is 10.6. The van der Waals surface area contributed by atoms with E-state index in [2.05, 4.69) is 10.6 Å². The van der Waals surface area contributed by atoms with Crippen LogP contribution < -0.4 is 10.6 Å². The van der Waals surface area contributed by atoms with Gasteiger partial charge >= 0.3 is 6.09 Å². The largest absolute Gasteiger partial charge is 0.449 e. The molecule has 2 aromatic carbocycles. The zero-order valence-corrected chi connectivity index (χ0v) is 18.4. The number of rotatable bonds is 6. The van der Waals surface area contributed by atoms with Gasteiger partial charge in [0.05, 0.1) is 12.3 Å². The summed E-state index contributed by atoms with van der Waals surface area (Å²) in [6.45, 7) is 8.42. The highest BCUT2D eigenvalue weighted by atomic mass is 35.5. The Morgan fingerprint density at radius 1 is 1.17 bits per heavy atom. The maximum Gasteiger partial charge on any atom is 0.411 e. The Balaban J connectivity index is 1.75. The second-order valence-corrected chi connectivity index (χ2v) is 8.84. The minimum absolute atomic E-state index is 0.291. The molecule has 3 aromatic rings. The van der Waals surface area contributed by atoms with Crippen LogP contribution in [0, 0.1) is 19.8 Å². The fourth-order valence-corrected chi connectivity index (χ4v) is 3.65. The van der Waals surface area contributed by atoms with E-state index in [0.29, 0.717) is 23.2 Å². The first-order valence-electron chi connectivity index (χ1n) is 9.36. The lowest BCUT2D eigenvalue weighted by Gasteiger charge is -2.12. The van der Waals surface area contributed by atoms with E-state index in [0.717, 1.165) is 32.5 Å². The van der Waals surface area contributed by atoms with Crippen molar-refractivity contribution in [3.05, 3.63) is 57.9 Å². The number of nitrogens with zero attached hydrogens (tertiary/aromatic N) is 1. The van der Waals surface area contributed by atoms with Gasteiger partial charge in [0.2, 0.25) is 0 Å². The number of hydrogen-bond acceptors (Lipinski definition) is 5. The van der Waals surface area contributed by atoms with Crippen LogP contribution in [0.2, 0.25) is 5.02 Å². The van der Waals surface area contributed by atoms with Gasteiger partial charge in [-0.25, -0.2) is 9.78 Å². The van der Waals surface area contributed by atoms with E-state index in [1.54, 1.807) is 11.3 Å². The topological polar surface area (TPSA) is 63.2 Å². The molecule has 0 saturated heterocycles. The monoisotopic (exact) mass is 429 g/mol. The van der Waals surface area contributed by atoms with E-state index in [4.69, 9.17) is 21.3 Å². The normalized spacial score (nSPS) is 10.8. The third-order valence-electron chi connectivity index (χ3n) is 4.19. The number of aromatic nitrogens is 1. The van der Waals surface area contributed by atoms with Crippen LogP contribution in [0.5, 0.6) is 0 Å². The molecule has 1 aromatic heterocycles. The minimum Gasteiger partial charge on any atom is -0.449 e. The lowest BCUT2D eigenvalue weighted by molar-refractivity contribution is 0.147. The molecule has 0 spiro atoms. The molecule has 0 aliphatic carbocycles. The van der Waals surface area contributed by atoms with Crippen LogP contribution in [0.1, 0.15) is 24.3 Å². The van der Waals surface area contributed by atoms with Crippen LogP contribution in [0.15, 0.2) is 42.5 Å². The van der Waals surface area contributed by atoms with E-state index >= 15 is 0 Å². The molecule has 152 valence electrons. The quantitative estimate of drug-likeness (QED) is 0.441. The van der Waals surface area contributed by atoms with E-state index in [-0.39, 0.29) is 0 Å². The van der Waals surface area contributed by atoms with Crippen molar-refractivity contribution in [1.82, 2.24) is 4.98 Å². The van der Waals surface area contributed by atoms with Gasteiger partial charge in [0.25, 0.3) is 0 Å². The zero-order chi connectivity index (χ0) is 21.0. The molecule has 0 atom stereocenters. The summed E-state index contributed by atoms with van der Waals surface area (Å²) in [4.78, 5) is 17.8. The minimum atomic E-state index is -0.455. The maximum atomic E-state index is 11.9. The Kier molecular flexibility index (Phi) is 6.77. The molecular weight excluding hydrogens is 406 g/mol. The molecule has 3 rings (SSSR count). The predicted molar refractivity (Wildman–Crippen MR) is 122 cm³/mol. The zero-order valence-electron chi connectivity index (χ0n) is 16.9. The highest BCUT2D eigenvalue weighted by Crippen LogP contribution is 2.33. The number of carbonyl (C=O) groups is 1. The number of carbonyl (C=O) groups excluding carboxylic acids is 1. The van der Waals surface area contributed by atoms with Crippen molar-refractivity contribution in [3.63, 3.8) is 0 Å². The molecule has 0 saturated carbocycles. The molecule has 0 bridgehead atoms. The number of anilines is 3. The first-order chi connectivity index (χ1) is 13.8. The van der Waals surface area contributed by atoms with Gasteiger partial charge < -0.3 is 10.1 Å². The second kappa shape index (κ2) is 9.29. The fraction of sp³-hybridized carbons (Fsp3) is 0.273. The molecule has 0 fully saturated rings. The average molecular weight is 430 g/mol. The van der Waals surface area contributed by atoms with Crippen LogP contribution in [-0.4, -0.2) is 17.7 Å². The summed E-state index contributed by atoms with van der Waals surface area (Å²) < 4.78 is 5.18. The average Bonchev–Trinajstić information content (AvgIpc) is 3.03. The molecule has 7 heteroatoms. The van der Waals surface area contributed by atoms with Crippen molar-refractivity contribution in [2.24, 2.45) is 5.92 Å². The Hall–Kier alpha value is -2.57. The third kappa shape index (κ3) is 5.71. The van der Waals surface area contributed by atoms with Gasteiger partial charge in [-0.2, -0.15) is 0 Å². The second-order valence-electron chi connectivity index (χ2n) is 7.20. The Morgan fingerprint density at radius 2 is 1.90 bits per heavy atom. The fourth-order valence-electron chi connectivity index (χ4n) is 2.67. The van der Waals surface area contributed by atoms with Crippen LogP contribution in [0.25, 0.3) is 11.3 Å². The van der Waals surface area contributed by atoms with Crippen molar-refractivity contribution < 1.29 is 9.53 Å². The Bertz CT molecular complexity index is 1000. The van der Waals surface area contributed by atoms with Gasteiger partial charge in [-0.05, 0) is 49.6 Å². The van der Waals surface area contributed by atoms with Crippen molar-refractivity contribution in [3.8, 4) is 11.3 Å². The third-order valence-corrected chi connectivity index (χ3v) is 5.33. The molecule has 0 radical (unpaired) electrons. The molecular formula is C22H24ClN3O2S. The SMILES string of the molecule is Cc1ccc(NC(=O)OCC(C)C)cc1Nc1nc(-c2ccc(Cl)cc2)c(C)s1. The van der Waals surface area contributed by atoms with Crippen molar-refractivity contribution in [2.45, 2.75) is 27.7 Å². The summed E-state index contributed by atoms with van der Waals surface area (Å²) in [7, 11) is 0. The Morgan fingerprint density at radius 3 is 2.59 bits per heavy atom. The summed E-state index contributed by atoms with van der Waals surface area (Å²) in [6.07, 6.45) is -0.455. The summed E-state index contributed by atoms with van der Waals surface area (Å²) in [5.41, 5.74) is 4.54. The van der Waals surface area contributed by atoms with Crippen LogP contribution in [0.3, 0.4) is 0 Å². The van der Waals surface area contributed by atoms with Crippen LogP contribution >= 0.6 is 22.9 Å². The standard InChI is InChI=1S/C22H24ClN3O2S/c1-13(2)12-28-22(27)24-18-10-5-14(3)19(11-18)25-21-26-20(15(4)29-21)16-6-8-17(23)9-7-16/h5-11,13H,12H2,1-4H3,(H,24,27)(H,25,26). The van der Waals surface area contributed by atoms with Crippen molar-refractivity contribution in [1.29, 1.82) is 0 Å². The highest BCUT2D eigenvalue weighted by molar-refractivity contribution is 7.16. The van der Waals surface area contributed by atoms with Crippen molar-refractivity contribution >= 4 is 45.5 Å². The first kappa shape index (κ1) is 21.1. The molecule has 1 amide bonds. The number of hydrogen-bond donors (Lipinski definition) is 2. The highest BCUT2D eigenvalue weighted by Gasteiger charge is 2.12. The molecule has 0 aliphatic rings. The number of amides is 1. The maximum absolute atomic E-state index is 11.9. The van der Waals surface area contributed by atoms with E-state index in [1.165, 1.54) is 0 Å². The van der Waals surface area contributed by atoms with Crippen LogP contribution in [0.4, 0.5) is 21.3 Å².